The molecule has 2 rings (SSSR count). The van der Waals surface area contributed by atoms with Crippen molar-refractivity contribution in [3.05, 3.63) is 0 Å². The van der Waals surface area contributed by atoms with Crippen LogP contribution in [0.3, 0.4) is 0 Å². The monoisotopic (exact) mass is 302 g/mol. The fraction of sp³-hybridized carbons (Fsp3) is 0.846. The Morgan fingerprint density at radius 3 is 2.45 bits per heavy atom. The van der Waals surface area contributed by atoms with Gasteiger partial charge in [-0.2, -0.15) is 0 Å². The molecule has 2 N–H and O–H groups in total. The lowest BCUT2D eigenvalue weighted by Gasteiger charge is -2.18. The largest absolute Gasteiger partial charge is 0.355 e. The molecule has 1 atom stereocenters. The molecule has 1 saturated carbocycles. The quantitative estimate of drug-likeness (QED) is 0.533. The molecule has 1 aliphatic carbocycles. The Balaban J connectivity index is 1.87. The highest BCUT2D eigenvalue weighted by Crippen LogP contribution is 2.46. The first-order valence-electron chi connectivity index (χ1n) is 7.19. The zero-order chi connectivity index (χ0) is 14.8. The SMILES string of the molecule is CCCCNC(=O)C1(C(=O)NC2CCS(=O)(=O)C2)CC1. The summed E-state index contributed by atoms with van der Waals surface area (Å²) in [6, 6.07) is -0.339. The van der Waals surface area contributed by atoms with Crippen LogP contribution < -0.4 is 10.6 Å². The van der Waals surface area contributed by atoms with Crippen LogP contribution in [0, 0.1) is 5.41 Å². The summed E-state index contributed by atoms with van der Waals surface area (Å²) in [5.74, 6) is -0.419. The van der Waals surface area contributed by atoms with Gasteiger partial charge in [-0.15, -0.1) is 0 Å². The summed E-state index contributed by atoms with van der Waals surface area (Å²) < 4.78 is 22.7. The highest BCUT2D eigenvalue weighted by Gasteiger charge is 2.56. The third kappa shape index (κ3) is 3.31. The van der Waals surface area contributed by atoms with Crippen molar-refractivity contribution in [1.29, 1.82) is 0 Å². The maximum absolute atomic E-state index is 12.2. The molecule has 0 bridgehead atoms. The predicted octanol–water partition coefficient (Wildman–Crippen LogP) is -0.0138. The minimum absolute atomic E-state index is 0.00766. The number of rotatable bonds is 6. The minimum atomic E-state index is -3.02. The first-order chi connectivity index (χ1) is 9.39. The molecule has 0 aromatic carbocycles. The van der Waals surface area contributed by atoms with Gasteiger partial charge < -0.3 is 10.6 Å². The fourth-order valence-electron chi connectivity index (χ4n) is 2.46. The summed E-state index contributed by atoms with van der Waals surface area (Å²) in [4.78, 5) is 24.3. The van der Waals surface area contributed by atoms with Crippen LogP contribution >= 0.6 is 0 Å². The van der Waals surface area contributed by atoms with Crippen LogP contribution in [0.15, 0.2) is 0 Å². The highest BCUT2D eigenvalue weighted by molar-refractivity contribution is 7.91. The van der Waals surface area contributed by atoms with E-state index in [0.29, 0.717) is 25.8 Å². The van der Waals surface area contributed by atoms with E-state index < -0.39 is 15.3 Å². The Kier molecular flexibility index (Phi) is 4.36. The lowest BCUT2D eigenvalue weighted by molar-refractivity contribution is -0.137. The van der Waals surface area contributed by atoms with Gasteiger partial charge in [-0.05, 0) is 25.7 Å². The van der Waals surface area contributed by atoms with Crippen molar-refractivity contribution in [2.24, 2.45) is 5.41 Å². The molecule has 0 aromatic heterocycles. The van der Waals surface area contributed by atoms with Gasteiger partial charge >= 0.3 is 0 Å². The molecule has 6 nitrogen and oxygen atoms in total. The smallest absolute Gasteiger partial charge is 0.235 e. The van der Waals surface area contributed by atoms with Crippen LogP contribution in [0.5, 0.6) is 0 Å². The number of unbranched alkanes of at least 4 members (excludes halogenated alkanes) is 1. The summed E-state index contributed by atoms with van der Waals surface area (Å²) in [6.45, 7) is 2.62. The Bertz CT molecular complexity index is 497. The normalized spacial score (nSPS) is 25.9. The summed E-state index contributed by atoms with van der Waals surface area (Å²) in [7, 11) is -3.02. The molecular weight excluding hydrogens is 280 g/mol. The Morgan fingerprint density at radius 1 is 1.25 bits per heavy atom. The molecule has 1 unspecified atom stereocenters. The second-order valence-electron chi connectivity index (χ2n) is 5.76. The van der Waals surface area contributed by atoms with Gasteiger partial charge in [0, 0.05) is 12.6 Å². The first-order valence-corrected chi connectivity index (χ1v) is 9.01. The van der Waals surface area contributed by atoms with E-state index in [1.54, 1.807) is 0 Å². The molecule has 114 valence electrons. The van der Waals surface area contributed by atoms with Gasteiger partial charge in [-0.1, -0.05) is 13.3 Å². The van der Waals surface area contributed by atoms with E-state index in [0.717, 1.165) is 12.8 Å². The average molecular weight is 302 g/mol. The number of sulfone groups is 1. The van der Waals surface area contributed by atoms with Gasteiger partial charge in [-0.25, -0.2) is 8.42 Å². The summed E-state index contributed by atoms with van der Waals surface area (Å²) in [5.41, 5.74) is -0.944. The van der Waals surface area contributed by atoms with Crippen LogP contribution in [0.25, 0.3) is 0 Å². The molecule has 0 aromatic rings. The molecule has 0 spiro atoms. The second kappa shape index (κ2) is 5.71. The van der Waals surface area contributed by atoms with Crippen molar-refractivity contribution in [1.82, 2.24) is 10.6 Å². The molecule has 7 heteroatoms. The number of carbonyl (C=O) groups is 2. The van der Waals surface area contributed by atoms with Gasteiger partial charge in [0.1, 0.15) is 5.41 Å². The summed E-state index contributed by atoms with van der Waals surface area (Å²) in [6.07, 6.45) is 3.43. The van der Waals surface area contributed by atoms with Gasteiger partial charge in [0.25, 0.3) is 0 Å². The number of nitrogens with one attached hydrogen (secondary N) is 2. The van der Waals surface area contributed by atoms with E-state index in [1.165, 1.54) is 0 Å². The van der Waals surface area contributed by atoms with E-state index in [4.69, 9.17) is 0 Å². The number of hydrogen-bond donors (Lipinski definition) is 2. The third-order valence-electron chi connectivity index (χ3n) is 4.00. The number of hydrogen-bond acceptors (Lipinski definition) is 4. The molecule has 2 fully saturated rings. The lowest BCUT2D eigenvalue weighted by Crippen LogP contribution is -2.47. The third-order valence-corrected chi connectivity index (χ3v) is 5.77. The van der Waals surface area contributed by atoms with Crippen LogP contribution in [0.1, 0.15) is 39.0 Å². The predicted molar refractivity (Wildman–Crippen MR) is 74.8 cm³/mol. The van der Waals surface area contributed by atoms with Crippen molar-refractivity contribution in [3.63, 3.8) is 0 Å². The minimum Gasteiger partial charge on any atom is -0.355 e. The molecule has 2 amide bonds. The number of carbonyl (C=O) groups excluding carboxylic acids is 2. The van der Waals surface area contributed by atoms with E-state index in [1.807, 2.05) is 6.92 Å². The average Bonchev–Trinajstić information content (AvgIpc) is 3.11. The van der Waals surface area contributed by atoms with Gasteiger partial charge in [0.2, 0.25) is 11.8 Å². The van der Waals surface area contributed by atoms with Crippen LogP contribution in [0.4, 0.5) is 0 Å². The van der Waals surface area contributed by atoms with Crippen molar-refractivity contribution in [2.45, 2.75) is 45.1 Å². The number of amides is 2. The molecule has 1 saturated heterocycles. The van der Waals surface area contributed by atoms with Crippen LogP contribution in [-0.4, -0.2) is 44.3 Å². The molecule has 1 heterocycles. The Labute approximate surface area is 119 Å². The van der Waals surface area contributed by atoms with Gasteiger partial charge in [-0.3, -0.25) is 9.59 Å². The van der Waals surface area contributed by atoms with Gasteiger partial charge in [0.15, 0.2) is 9.84 Å². The second-order valence-corrected chi connectivity index (χ2v) is 7.99. The van der Waals surface area contributed by atoms with Crippen molar-refractivity contribution in [2.75, 3.05) is 18.1 Å². The maximum Gasteiger partial charge on any atom is 0.235 e. The topological polar surface area (TPSA) is 92.3 Å². The van der Waals surface area contributed by atoms with Crippen molar-refractivity contribution in [3.8, 4) is 0 Å². The molecule has 20 heavy (non-hydrogen) atoms. The van der Waals surface area contributed by atoms with Crippen LogP contribution in [0.2, 0.25) is 0 Å². The molecule has 2 aliphatic rings. The maximum atomic E-state index is 12.2. The Hall–Kier alpha value is -1.11. The van der Waals surface area contributed by atoms with Crippen LogP contribution in [-0.2, 0) is 19.4 Å². The van der Waals surface area contributed by atoms with E-state index >= 15 is 0 Å². The van der Waals surface area contributed by atoms with Crippen molar-refractivity contribution >= 4 is 21.7 Å². The molecule has 1 aliphatic heterocycles. The lowest BCUT2D eigenvalue weighted by atomic mass is 10.0. The molecule has 0 radical (unpaired) electrons. The Morgan fingerprint density at radius 2 is 1.95 bits per heavy atom. The first kappa shape index (κ1) is 15.3. The van der Waals surface area contributed by atoms with E-state index in [-0.39, 0.29) is 29.4 Å². The fourth-order valence-corrected chi connectivity index (χ4v) is 4.14. The summed E-state index contributed by atoms with van der Waals surface area (Å²) in [5, 5.41) is 5.52. The van der Waals surface area contributed by atoms with Gasteiger partial charge in [0.05, 0.1) is 11.5 Å². The van der Waals surface area contributed by atoms with E-state index in [9.17, 15) is 18.0 Å². The zero-order valence-electron chi connectivity index (χ0n) is 11.8. The van der Waals surface area contributed by atoms with E-state index in [2.05, 4.69) is 10.6 Å². The zero-order valence-corrected chi connectivity index (χ0v) is 12.6. The van der Waals surface area contributed by atoms with Crippen molar-refractivity contribution < 1.29 is 18.0 Å². The standard InChI is InChI=1S/C13H22N2O4S/c1-2-3-7-14-11(16)13(5-6-13)12(17)15-10-4-8-20(18,19)9-10/h10H,2-9H2,1H3,(H,14,16)(H,15,17). The summed E-state index contributed by atoms with van der Waals surface area (Å²) >= 11 is 0. The highest BCUT2D eigenvalue weighted by atomic mass is 32.2. The molecular formula is C13H22N2O4S.